The van der Waals surface area contributed by atoms with Gasteiger partial charge in [-0.05, 0) is 24.1 Å². The van der Waals surface area contributed by atoms with Gasteiger partial charge in [0, 0.05) is 40.8 Å². The molecule has 4 heteroatoms. The summed E-state index contributed by atoms with van der Waals surface area (Å²) in [4.78, 5) is 2.52. The van der Waals surface area contributed by atoms with Crippen LogP contribution < -0.4 is 5.73 Å². The Balaban J connectivity index is 2.00. The molecule has 2 nitrogen and oxygen atoms in total. The lowest BCUT2D eigenvalue weighted by atomic mass is 10.1. The topological polar surface area (TPSA) is 29.3 Å². The molecule has 2 N–H and O–H groups in total. The molecule has 1 saturated heterocycles. The number of thioether (sulfide) groups is 1. The zero-order chi connectivity index (χ0) is 12.3. The highest BCUT2D eigenvalue weighted by atomic mass is 79.9. The van der Waals surface area contributed by atoms with Crippen LogP contribution in [0.2, 0.25) is 0 Å². The van der Waals surface area contributed by atoms with E-state index in [1.165, 1.54) is 30.8 Å². The number of nitrogens with zero attached hydrogens (tertiary/aromatic N) is 1. The Bertz CT molecular complexity index is 384. The first-order valence-corrected chi connectivity index (χ1v) is 7.91. The number of rotatable bonds is 3. The average Bonchev–Trinajstić information content (AvgIpc) is 2.33. The van der Waals surface area contributed by atoms with Gasteiger partial charge in [0.05, 0.1) is 0 Å². The zero-order valence-electron chi connectivity index (χ0n) is 10.2. The Morgan fingerprint density at radius 3 is 3.06 bits per heavy atom. The van der Waals surface area contributed by atoms with Gasteiger partial charge in [-0.1, -0.05) is 28.9 Å². The molecule has 2 rings (SSSR count). The van der Waals surface area contributed by atoms with Crippen molar-refractivity contribution in [3.63, 3.8) is 0 Å². The molecule has 0 aromatic heterocycles. The van der Waals surface area contributed by atoms with Gasteiger partial charge in [0.25, 0.3) is 0 Å². The fraction of sp³-hybridized carbons (Fsp3) is 0.538. The molecule has 94 valence electrons. The van der Waals surface area contributed by atoms with Crippen molar-refractivity contribution in [2.24, 2.45) is 0 Å². The number of nitrogens with two attached hydrogens (primary N) is 1. The van der Waals surface area contributed by atoms with Crippen LogP contribution in [0.4, 0.5) is 5.69 Å². The van der Waals surface area contributed by atoms with Crippen molar-refractivity contribution in [1.82, 2.24) is 4.90 Å². The highest BCUT2D eigenvalue weighted by Crippen LogP contribution is 2.25. The third-order valence-corrected chi connectivity index (χ3v) is 5.05. The summed E-state index contributed by atoms with van der Waals surface area (Å²) in [5.74, 6) is 1.24. The van der Waals surface area contributed by atoms with Crippen LogP contribution in [0.25, 0.3) is 0 Å². The lowest BCUT2D eigenvalue weighted by Crippen LogP contribution is -2.37. The van der Waals surface area contributed by atoms with E-state index in [0.717, 1.165) is 22.0 Å². The van der Waals surface area contributed by atoms with Crippen molar-refractivity contribution in [1.29, 1.82) is 0 Å². The second-order valence-corrected chi connectivity index (χ2v) is 6.80. The van der Waals surface area contributed by atoms with Crippen LogP contribution in [0.15, 0.2) is 22.7 Å². The molecule has 1 aliphatic heterocycles. The van der Waals surface area contributed by atoms with Gasteiger partial charge >= 0.3 is 0 Å². The Hall–Kier alpha value is -0.190. The maximum absolute atomic E-state index is 6.04. The molecule has 17 heavy (non-hydrogen) atoms. The molecular formula is C13H19BrN2S. The Labute approximate surface area is 116 Å². The molecule has 1 aliphatic rings. The van der Waals surface area contributed by atoms with E-state index in [-0.39, 0.29) is 0 Å². The number of halogens is 1. The summed E-state index contributed by atoms with van der Waals surface area (Å²) in [6.45, 7) is 5.62. The fourth-order valence-corrected chi connectivity index (χ4v) is 3.75. The minimum atomic E-state index is 0.792. The highest BCUT2D eigenvalue weighted by Gasteiger charge is 2.19. The van der Waals surface area contributed by atoms with Gasteiger partial charge in [0.1, 0.15) is 0 Å². The second kappa shape index (κ2) is 6.12. The van der Waals surface area contributed by atoms with Crippen LogP contribution in [0.3, 0.4) is 0 Å². The smallest absolute Gasteiger partial charge is 0.0371 e. The molecule has 1 unspecified atom stereocenters. The predicted molar refractivity (Wildman–Crippen MR) is 80.4 cm³/mol. The van der Waals surface area contributed by atoms with E-state index >= 15 is 0 Å². The first-order valence-electron chi connectivity index (χ1n) is 6.07. The van der Waals surface area contributed by atoms with Gasteiger partial charge in [-0.3, -0.25) is 4.90 Å². The Morgan fingerprint density at radius 2 is 2.35 bits per heavy atom. The summed E-state index contributed by atoms with van der Waals surface area (Å²) in [7, 11) is 0. The van der Waals surface area contributed by atoms with Crippen molar-refractivity contribution in [3.05, 3.63) is 28.2 Å². The standard InChI is InChI=1S/C13H19BrN2S/c1-2-12-9-16(5-6-17-12)8-10-3-4-11(14)7-13(10)15/h3-4,7,12H,2,5-6,8-9,15H2,1H3. The first-order chi connectivity index (χ1) is 8.19. The highest BCUT2D eigenvalue weighted by molar-refractivity contribution is 9.10. The first kappa shape index (κ1) is 13.2. The summed E-state index contributed by atoms with van der Waals surface area (Å²) in [6.07, 6.45) is 1.26. The minimum Gasteiger partial charge on any atom is -0.398 e. The van der Waals surface area contributed by atoms with Crippen molar-refractivity contribution < 1.29 is 0 Å². The molecule has 0 spiro atoms. The van der Waals surface area contributed by atoms with E-state index < -0.39 is 0 Å². The molecule has 0 saturated carbocycles. The molecule has 1 fully saturated rings. The van der Waals surface area contributed by atoms with Gasteiger partial charge < -0.3 is 5.73 Å². The molecule has 1 heterocycles. The number of benzene rings is 1. The molecule has 1 atom stereocenters. The summed E-state index contributed by atoms with van der Waals surface area (Å²) in [5.41, 5.74) is 8.18. The third kappa shape index (κ3) is 3.63. The summed E-state index contributed by atoms with van der Waals surface area (Å²) in [6, 6.07) is 6.19. The molecular weight excluding hydrogens is 296 g/mol. The number of hydrogen-bond acceptors (Lipinski definition) is 3. The van der Waals surface area contributed by atoms with E-state index in [9.17, 15) is 0 Å². The molecule has 0 radical (unpaired) electrons. The van der Waals surface area contributed by atoms with Gasteiger partial charge in [0.2, 0.25) is 0 Å². The molecule has 0 amide bonds. The number of anilines is 1. The Kier molecular flexibility index (Phi) is 4.77. The molecule has 1 aromatic rings. The third-order valence-electron chi connectivity index (χ3n) is 3.18. The quantitative estimate of drug-likeness (QED) is 0.867. The van der Waals surface area contributed by atoms with Crippen LogP contribution in [0, 0.1) is 0 Å². The summed E-state index contributed by atoms with van der Waals surface area (Å²) < 4.78 is 1.05. The van der Waals surface area contributed by atoms with Gasteiger partial charge in [-0.25, -0.2) is 0 Å². The van der Waals surface area contributed by atoms with Crippen LogP contribution in [-0.4, -0.2) is 29.0 Å². The van der Waals surface area contributed by atoms with Crippen molar-refractivity contribution in [2.75, 3.05) is 24.6 Å². The second-order valence-electron chi connectivity index (χ2n) is 4.48. The zero-order valence-corrected chi connectivity index (χ0v) is 12.6. The van der Waals surface area contributed by atoms with Gasteiger partial charge in [-0.2, -0.15) is 11.8 Å². The van der Waals surface area contributed by atoms with E-state index in [1.54, 1.807) is 0 Å². The maximum Gasteiger partial charge on any atom is 0.0371 e. The molecule has 0 aliphatic carbocycles. The molecule has 0 bridgehead atoms. The number of nitrogen functional groups attached to an aromatic ring is 1. The normalized spacial score (nSPS) is 21.6. The van der Waals surface area contributed by atoms with Crippen molar-refractivity contribution in [3.8, 4) is 0 Å². The van der Waals surface area contributed by atoms with Crippen molar-refractivity contribution in [2.45, 2.75) is 25.1 Å². The van der Waals surface area contributed by atoms with Crippen LogP contribution in [-0.2, 0) is 6.54 Å². The van der Waals surface area contributed by atoms with E-state index in [4.69, 9.17) is 5.73 Å². The van der Waals surface area contributed by atoms with Crippen LogP contribution in [0.5, 0.6) is 0 Å². The summed E-state index contributed by atoms with van der Waals surface area (Å²) >= 11 is 5.55. The molecule has 1 aromatic carbocycles. The number of hydrogen-bond donors (Lipinski definition) is 1. The minimum absolute atomic E-state index is 0.792. The lowest BCUT2D eigenvalue weighted by molar-refractivity contribution is 0.273. The van der Waals surface area contributed by atoms with Gasteiger partial charge in [0.15, 0.2) is 0 Å². The van der Waals surface area contributed by atoms with Crippen LogP contribution in [0.1, 0.15) is 18.9 Å². The maximum atomic E-state index is 6.04. The largest absolute Gasteiger partial charge is 0.398 e. The predicted octanol–water partition coefficient (Wildman–Crippen LogP) is 3.36. The Morgan fingerprint density at radius 1 is 1.53 bits per heavy atom. The SMILES string of the molecule is CCC1CN(Cc2ccc(Br)cc2N)CCS1. The summed E-state index contributed by atoms with van der Waals surface area (Å²) in [5, 5.41) is 0.792. The monoisotopic (exact) mass is 314 g/mol. The van der Waals surface area contributed by atoms with E-state index in [0.29, 0.717) is 0 Å². The van der Waals surface area contributed by atoms with Crippen LogP contribution >= 0.6 is 27.7 Å². The van der Waals surface area contributed by atoms with E-state index in [1.807, 2.05) is 6.07 Å². The average molecular weight is 315 g/mol. The fourth-order valence-electron chi connectivity index (χ4n) is 2.12. The van der Waals surface area contributed by atoms with Gasteiger partial charge in [-0.15, -0.1) is 0 Å². The lowest BCUT2D eigenvalue weighted by Gasteiger charge is -2.32. The van der Waals surface area contributed by atoms with E-state index in [2.05, 4.69) is 51.6 Å². The van der Waals surface area contributed by atoms with Crippen molar-refractivity contribution >= 4 is 33.4 Å².